The lowest BCUT2D eigenvalue weighted by Gasteiger charge is -2.24. The van der Waals surface area contributed by atoms with Gasteiger partial charge in [0.15, 0.2) is 5.69 Å². The maximum absolute atomic E-state index is 13.4. The highest BCUT2D eigenvalue weighted by atomic mass is 35.5. The predicted octanol–water partition coefficient (Wildman–Crippen LogP) is 5.70. The zero-order valence-corrected chi connectivity index (χ0v) is 20.1. The molecule has 3 aromatic carbocycles. The van der Waals surface area contributed by atoms with E-state index in [0.717, 1.165) is 4.31 Å². The average Bonchev–Trinajstić information content (AvgIpc) is 3.08. The quantitative estimate of drug-likeness (QED) is 0.332. The van der Waals surface area contributed by atoms with E-state index in [0.29, 0.717) is 10.9 Å². The monoisotopic (exact) mass is 516 g/mol. The van der Waals surface area contributed by atoms with Crippen LogP contribution in [0.1, 0.15) is 0 Å². The summed E-state index contributed by atoms with van der Waals surface area (Å²) in [5.41, 5.74) is 0.819. The van der Waals surface area contributed by atoms with Gasteiger partial charge in [0.2, 0.25) is 5.88 Å². The van der Waals surface area contributed by atoms with E-state index >= 15 is 0 Å². The molecule has 4 rings (SSSR count). The first-order valence-electron chi connectivity index (χ1n) is 9.94. The third-order valence-electron chi connectivity index (χ3n) is 5.12. The van der Waals surface area contributed by atoms with Gasteiger partial charge in [-0.25, -0.2) is 8.42 Å². The number of rotatable bonds is 6. The molecule has 0 saturated heterocycles. The smallest absolute Gasteiger partial charge is 0.285 e. The molecule has 0 radical (unpaired) electrons. The first-order chi connectivity index (χ1) is 16.2. The highest BCUT2D eigenvalue weighted by Crippen LogP contribution is 2.38. The molecule has 0 fully saturated rings. The molecule has 0 aliphatic carbocycles. The molecule has 0 unspecified atom stereocenters. The molecule has 1 N–H and O–H groups in total. The minimum atomic E-state index is -4.20. The van der Waals surface area contributed by atoms with Crippen LogP contribution >= 0.6 is 23.2 Å². The van der Waals surface area contributed by atoms with Crippen LogP contribution in [0.4, 0.5) is 11.4 Å². The van der Waals surface area contributed by atoms with Crippen molar-refractivity contribution in [3.63, 3.8) is 0 Å². The molecule has 0 aliphatic rings. The van der Waals surface area contributed by atoms with E-state index in [1.54, 1.807) is 49.5 Å². The fourth-order valence-corrected chi connectivity index (χ4v) is 5.32. The zero-order chi connectivity index (χ0) is 24.5. The van der Waals surface area contributed by atoms with Crippen molar-refractivity contribution in [1.29, 1.82) is 0 Å². The minimum absolute atomic E-state index is 0.0228. The van der Waals surface area contributed by atoms with E-state index in [4.69, 9.17) is 23.2 Å². The minimum Gasteiger partial charge on any atom is -0.493 e. The molecule has 1 amide bonds. The predicted molar refractivity (Wildman–Crippen MR) is 132 cm³/mol. The molecule has 11 heteroatoms. The van der Waals surface area contributed by atoms with Crippen molar-refractivity contribution in [3.8, 4) is 5.88 Å². The number of azo groups is 1. The van der Waals surface area contributed by atoms with Gasteiger partial charge in [-0.2, -0.15) is 0 Å². The van der Waals surface area contributed by atoms with Gasteiger partial charge in [0, 0.05) is 12.4 Å². The maximum atomic E-state index is 13.4. The topological polar surface area (TPSA) is 104 Å². The van der Waals surface area contributed by atoms with E-state index in [1.807, 2.05) is 0 Å². The molecule has 34 heavy (non-hydrogen) atoms. The van der Waals surface area contributed by atoms with Crippen LogP contribution < -0.4 is 4.31 Å². The largest absolute Gasteiger partial charge is 0.493 e. The molecule has 0 atom stereocenters. The highest BCUT2D eigenvalue weighted by molar-refractivity contribution is 7.92. The van der Waals surface area contributed by atoms with Gasteiger partial charge in [-0.3, -0.25) is 9.10 Å². The Bertz CT molecular complexity index is 1520. The Labute approximate surface area is 205 Å². The number of halogens is 2. The number of hydrogen-bond donors (Lipinski definition) is 1. The lowest BCUT2D eigenvalue weighted by molar-refractivity contribution is -0.116. The lowest BCUT2D eigenvalue weighted by Crippen LogP contribution is -2.35. The second kappa shape index (κ2) is 9.46. The molecule has 4 aromatic rings. The molecular formula is C23H18Cl2N4O4S. The highest BCUT2D eigenvalue weighted by Gasteiger charge is 2.29. The Morgan fingerprint density at radius 3 is 2.41 bits per heavy atom. The molecule has 0 bridgehead atoms. The first kappa shape index (κ1) is 23.7. The number of benzene rings is 3. The number of sulfonamides is 1. The van der Waals surface area contributed by atoms with Crippen LogP contribution in [0, 0.1) is 0 Å². The number of aromatic hydroxyl groups is 1. The van der Waals surface area contributed by atoms with Crippen molar-refractivity contribution < 1.29 is 18.3 Å². The second-order valence-electron chi connectivity index (χ2n) is 7.24. The molecule has 0 saturated carbocycles. The molecule has 0 spiro atoms. The summed E-state index contributed by atoms with van der Waals surface area (Å²) in [7, 11) is -2.55. The van der Waals surface area contributed by atoms with Crippen LogP contribution in [-0.4, -0.2) is 30.5 Å². The van der Waals surface area contributed by atoms with Gasteiger partial charge in [0.25, 0.3) is 15.9 Å². The van der Waals surface area contributed by atoms with Crippen LogP contribution in [0.25, 0.3) is 10.9 Å². The third kappa shape index (κ3) is 4.37. The Morgan fingerprint density at radius 2 is 1.68 bits per heavy atom. The standard InChI is InChI=1S/C23H18Cl2N4O4S/c1-28-18-12-6-5-10-16(18)22(23(28)31)27-26-20(30)14-29(19-13-7-11-17(24)21(19)25)34(32,33)15-8-3-2-4-9-15/h2-13,31H,14H2,1H3. The fraction of sp³-hybridized carbons (Fsp3) is 0.0870. The number of fused-ring (bicyclic) bond motifs is 1. The normalized spacial score (nSPS) is 11.9. The van der Waals surface area contributed by atoms with Crippen molar-refractivity contribution in [3.05, 3.63) is 82.8 Å². The second-order valence-corrected chi connectivity index (χ2v) is 9.89. The van der Waals surface area contributed by atoms with Gasteiger partial charge in [0.05, 0.1) is 26.1 Å². The molecular weight excluding hydrogens is 499 g/mol. The van der Waals surface area contributed by atoms with Crippen LogP contribution in [-0.2, 0) is 21.9 Å². The number of nitrogens with zero attached hydrogens (tertiary/aromatic N) is 4. The number of para-hydroxylation sites is 1. The number of aromatic nitrogens is 1. The average molecular weight is 517 g/mol. The van der Waals surface area contributed by atoms with Crippen LogP contribution in [0.5, 0.6) is 5.88 Å². The first-order valence-corrected chi connectivity index (χ1v) is 12.1. The van der Waals surface area contributed by atoms with Gasteiger partial charge >= 0.3 is 0 Å². The van der Waals surface area contributed by atoms with Crippen molar-refractivity contribution in [2.24, 2.45) is 17.3 Å². The number of aryl methyl sites for hydroxylation is 1. The van der Waals surface area contributed by atoms with E-state index in [2.05, 4.69) is 10.2 Å². The third-order valence-corrected chi connectivity index (χ3v) is 7.70. The Hall–Kier alpha value is -3.40. The van der Waals surface area contributed by atoms with Gasteiger partial charge in [-0.1, -0.05) is 65.7 Å². The molecule has 1 heterocycles. The summed E-state index contributed by atoms with van der Waals surface area (Å²) in [5, 5.41) is 18.7. The number of amides is 1. The Kier molecular flexibility index (Phi) is 6.60. The SMILES string of the molecule is Cn1c(O)c(N=NC(=O)CN(c2cccc(Cl)c2Cl)S(=O)(=O)c2ccccc2)c2ccccc21. The summed E-state index contributed by atoms with van der Waals surface area (Å²) in [5.74, 6) is -1.05. The van der Waals surface area contributed by atoms with Crippen molar-refractivity contribution >= 4 is 61.4 Å². The van der Waals surface area contributed by atoms with E-state index < -0.39 is 22.5 Å². The van der Waals surface area contributed by atoms with E-state index in [9.17, 15) is 18.3 Å². The number of anilines is 1. The number of carbonyl (C=O) groups is 1. The summed E-state index contributed by atoms with van der Waals surface area (Å²) in [4.78, 5) is 12.8. The Balaban J connectivity index is 1.72. The van der Waals surface area contributed by atoms with Crippen molar-refractivity contribution in [2.75, 3.05) is 10.8 Å². The number of hydrogen-bond acceptors (Lipinski definition) is 5. The maximum Gasteiger partial charge on any atom is 0.285 e. The molecule has 174 valence electrons. The summed E-state index contributed by atoms with van der Waals surface area (Å²) >= 11 is 12.4. The van der Waals surface area contributed by atoms with Gasteiger partial charge in [-0.15, -0.1) is 10.2 Å². The zero-order valence-electron chi connectivity index (χ0n) is 17.8. The Morgan fingerprint density at radius 1 is 1.00 bits per heavy atom. The summed E-state index contributed by atoms with van der Waals surface area (Å²) in [6.45, 7) is -0.688. The van der Waals surface area contributed by atoms with Crippen molar-refractivity contribution in [1.82, 2.24) is 4.57 Å². The van der Waals surface area contributed by atoms with Gasteiger partial charge in [0.1, 0.15) is 6.54 Å². The lowest BCUT2D eigenvalue weighted by atomic mass is 10.2. The van der Waals surface area contributed by atoms with Crippen LogP contribution in [0.15, 0.2) is 87.9 Å². The fourth-order valence-electron chi connectivity index (χ4n) is 3.42. The van der Waals surface area contributed by atoms with E-state index in [1.165, 1.54) is 34.9 Å². The van der Waals surface area contributed by atoms with Crippen molar-refractivity contribution in [2.45, 2.75) is 4.90 Å². The molecule has 8 nitrogen and oxygen atoms in total. The number of carbonyl (C=O) groups excluding carboxylic acids is 1. The van der Waals surface area contributed by atoms with E-state index in [-0.39, 0.29) is 32.2 Å². The van der Waals surface area contributed by atoms with Crippen LogP contribution in [0.2, 0.25) is 10.0 Å². The molecule has 1 aromatic heterocycles. The van der Waals surface area contributed by atoms with Gasteiger partial charge in [-0.05, 0) is 30.3 Å². The summed E-state index contributed by atoms with van der Waals surface area (Å²) in [6, 6.07) is 19.2. The van der Waals surface area contributed by atoms with Gasteiger partial charge < -0.3 is 9.67 Å². The molecule has 0 aliphatic heterocycles. The summed E-state index contributed by atoms with van der Waals surface area (Å²) < 4.78 is 29.1. The summed E-state index contributed by atoms with van der Waals surface area (Å²) in [6.07, 6.45) is 0. The van der Waals surface area contributed by atoms with Crippen LogP contribution in [0.3, 0.4) is 0 Å².